The molecule has 204 valence electrons. The number of rotatable bonds is 9. The van der Waals surface area contributed by atoms with Gasteiger partial charge in [-0.25, -0.2) is 4.79 Å². The van der Waals surface area contributed by atoms with Crippen molar-refractivity contribution < 1.29 is 18.7 Å². The molecule has 0 aliphatic carbocycles. The Morgan fingerprint density at radius 3 is 1.89 bits per heavy atom. The minimum absolute atomic E-state index is 0.111. The zero-order valence-corrected chi connectivity index (χ0v) is 26.1. The van der Waals surface area contributed by atoms with Crippen LogP contribution in [0, 0.1) is 0 Å². The highest BCUT2D eigenvalue weighted by atomic mass is 79.9. The van der Waals surface area contributed by atoms with Crippen molar-refractivity contribution in [3.8, 4) is 5.75 Å². The first-order chi connectivity index (χ1) is 17.8. The topological polar surface area (TPSA) is 56.8 Å². The van der Waals surface area contributed by atoms with Crippen LogP contribution in [-0.2, 0) is 9.16 Å². The van der Waals surface area contributed by atoms with Crippen LogP contribution in [0.1, 0.15) is 60.1 Å². The van der Waals surface area contributed by atoms with E-state index >= 15 is 0 Å². The predicted molar refractivity (Wildman–Crippen MR) is 161 cm³/mol. The molecule has 3 rings (SSSR count). The van der Waals surface area contributed by atoms with Gasteiger partial charge in [-0.15, -0.1) is 0 Å². The van der Waals surface area contributed by atoms with E-state index in [0.717, 1.165) is 10.0 Å². The average molecular weight is 599 g/mol. The van der Waals surface area contributed by atoms with Crippen LogP contribution in [0.15, 0.2) is 83.3 Å². The van der Waals surface area contributed by atoms with Gasteiger partial charge in [-0.1, -0.05) is 93.6 Å². The van der Waals surface area contributed by atoms with Crippen molar-refractivity contribution >= 4 is 40.7 Å². The van der Waals surface area contributed by atoms with Crippen LogP contribution >= 0.6 is 15.9 Å². The van der Waals surface area contributed by atoms with Gasteiger partial charge in [-0.05, 0) is 65.1 Å². The summed E-state index contributed by atoms with van der Waals surface area (Å²) in [6.45, 7) is 15.0. The lowest BCUT2D eigenvalue weighted by atomic mass is 10.1. The van der Waals surface area contributed by atoms with Crippen LogP contribution in [0.3, 0.4) is 0 Å². The highest BCUT2D eigenvalue weighted by Gasteiger charge is 2.50. The Labute approximate surface area is 237 Å². The average Bonchev–Trinajstić information content (AvgIpc) is 2.84. The molecule has 0 saturated carbocycles. The minimum atomic E-state index is -2.65. The number of carbonyl (C=O) groups excluding carboxylic acids is 1. The Morgan fingerprint density at radius 2 is 1.39 bits per heavy atom. The number of ether oxygens (including phenoxy) is 2. The van der Waals surface area contributed by atoms with Crippen LogP contribution in [0.2, 0.25) is 5.04 Å². The van der Waals surface area contributed by atoms with Crippen molar-refractivity contribution in [3.63, 3.8) is 0 Å². The van der Waals surface area contributed by atoms with E-state index in [1.165, 1.54) is 10.4 Å². The molecule has 1 N–H and O–H groups in total. The summed E-state index contributed by atoms with van der Waals surface area (Å²) < 4.78 is 19.5. The molecule has 3 aromatic rings. The molecule has 7 heteroatoms. The van der Waals surface area contributed by atoms with Gasteiger partial charge >= 0.3 is 6.09 Å². The molecule has 0 aromatic heterocycles. The maximum Gasteiger partial charge on any atom is 0.408 e. The molecule has 0 spiro atoms. The molecule has 3 aromatic carbocycles. The van der Waals surface area contributed by atoms with Crippen LogP contribution < -0.4 is 20.4 Å². The number of carbonyl (C=O) groups is 1. The summed E-state index contributed by atoms with van der Waals surface area (Å²) in [5, 5.41) is 5.26. The second-order valence-electron chi connectivity index (χ2n) is 11.4. The maximum absolute atomic E-state index is 12.4. The molecule has 0 aliphatic rings. The van der Waals surface area contributed by atoms with E-state index in [0.29, 0.717) is 19.0 Å². The summed E-state index contributed by atoms with van der Waals surface area (Å²) in [4.78, 5) is 12.4. The van der Waals surface area contributed by atoms with E-state index < -0.39 is 20.0 Å². The second kappa shape index (κ2) is 12.5. The monoisotopic (exact) mass is 597 g/mol. The maximum atomic E-state index is 12.4. The first-order valence-electron chi connectivity index (χ1n) is 13.0. The zero-order chi connectivity index (χ0) is 28.0. The number of para-hydroxylation sites is 1. The van der Waals surface area contributed by atoms with E-state index in [2.05, 4.69) is 90.5 Å². The summed E-state index contributed by atoms with van der Waals surface area (Å²) in [7, 11) is -2.65. The van der Waals surface area contributed by atoms with E-state index in [1.54, 1.807) is 0 Å². The summed E-state index contributed by atoms with van der Waals surface area (Å²) in [6, 6.07) is 26.6. The van der Waals surface area contributed by atoms with E-state index in [1.807, 2.05) is 58.0 Å². The lowest BCUT2D eigenvalue weighted by molar-refractivity contribution is 0.0507. The van der Waals surface area contributed by atoms with Gasteiger partial charge in [0, 0.05) is 5.56 Å². The van der Waals surface area contributed by atoms with Crippen LogP contribution in [0.4, 0.5) is 4.79 Å². The van der Waals surface area contributed by atoms with Gasteiger partial charge in [-0.2, -0.15) is 0 Å². The Morgan fingerprint density at radius 1 is 0.842 bits per heavy atom. The van der Waals surface area contributed by atoms with E-state index in [4.69, 9.17) is 13.9 Å². The molecule has 5 nitrogen and oxygen atoms in total. The van der Waals surface area contributed by atoms with Crippen LogP contribution in [0.25, 0.3) is 0 Å². The number of benzene rings is 3. The van der Waals surface area contributed by atoms with Crippen molar-refractivity contribution in [2.75, 3.05) is 13.2 Å². The van der Waals surface area contributed by atoms with Crippen LogP contribution in [0.5, 0.6) is 5.75 Å². The summed E-state index contributed by atoms with van der Waals surface area (Å²) in [5.41, 5.74) is 0.286. The number of hydrogen-bond acceptors (Lipinski definition) is 4. The third-order valence-corrected chi connectivity index (χ3v) is 11.9. The van der Waals surface area contributed by atoms with Crippen molar-refractivity contribution in [2.45, 2.75) is 65.1 Å². The molecule has 1 amide bonds. The lowest BCUT2D eigenvalue weighted by Gasteiger charge is -2.43. The first kappa shape index (κ1) is 29.9. The number of halogens is 1. The SMILES string of the molecule is C[C@@H](NC(=O)OC(C)(C)C)c1cccc(Br)c1OCCO[Si](c1ccccc1)(c1ccccc1)C(C)(C)C. The smallest absolute Gasteiger partial charge is 0.408 e. The van der Waals surface area contributed by atoms with Gasteiger partial charge < -0.3 is 19.2 Å². The second-order valence-corrected chi connectivity index (χ2v) is 16.5. The Bertz CT molecular complexity index is 1150. The van der Waals surface area contributed by atoms with E-state index in [-0.39, 0.29) is 11.1 Å². The molecule has 0 radical (unpaired) electrons. The van der Waals surface area contributed by atoms with Crippen molar-refractivity contribution in [3.05, 3.63) is 88.9 Å². The Balaban J connectivity index is 1.81. The van der Waals surface area contributed by atoms with Crippen molar-refractivity contribution in [1.29, 1.82) is 0 Å². The fourth-order valence-electron chi connectivity index (χ4n) is 4.68. The number of amides is 1. The van der Waals surface area contributed by atoms with Gasteiger partial charge in [0.05, 0.1) is 17.1 Å². The highest BCUT2D eigenvalue weighted by molar-refractivity contribution is 9.10. The molecule has 1 atom stereocenters. The van der Waals surface area contributed by atoms with Gasteiger partial charge in [-0.3, -0.25) is 0 Å². The number of hydrogen-bond donors (Lipinski definition) is 1. The van der Waals surface area contributed by atoms with Gasteiger partial charge in [0.15, 0.2) is 0 Å². The first-order valence-corrected chi connectivity index (χ1v) is 15.7. The summed E-state index contributed by atoms with van der Waals surface area (Å²) >= 11 is 3.63. The molecule has 0 bridgehead atoms. The van der Waals surface area contributed by atoms with Gasteiger partial charge in [0.25, 0.3) is 8.32 Å². The minimum Gasteiger partial charge on any atom is -0.490 e. The molecule has 0 fully saturated rings. The fourth-order valence-corrected chi connectivity index (χ4v) is 9.72. The Kier molecular flexibility index (Phi) is 9.84. The third-order valence-electron chi connectivity index (χ3n) is 6.26. The number of alkyl carbamates (subject to hydrolysis) is 1. The molecule has 0 aliphatic heterocycles. The number of nitrogens with one attached hydrogen (secondary N) is 1. The third kappa shape index (κ3) is 7.27. The molecular weight excluding hydrogens is 558 g/mol. The van der Waals surface area contributed by atoms with Crippen molar-refractivity contribution in [2.24, 2.45) is 0 Å². The quantitative estimate of drug-likeness (QED) is 0.213. The molecular formula is C31H40BrNO4Si. The van der Waals surface area contributed by atoms with Gasteiger partial charge in [0.1, 0.15) is 18.0 Å². The lowest BCUT2D eigenvalue weighted by Crippen LogP contribution is -2.66. The largest absolute Gasteiger partial charge is 0.490 e. The molecule has 0 saturated heterocycles. The molecule has 0 heterocycles. The summed E-state index contributed by atoms with van der Waals surface area (Å²) in [6.07, 6.45) is -0.467. The standard InChI is InChI=1S/C31H40BrNO4Si/c1-23(33-29(34)37-30(2,3)4)26-19-14-20-27(32)28(26)35-21-22-36-38(31(5,6)7,24-15-10-8-11-16-24)25-17-12-9-13-18-25/h8-20,23H,21-22H2,1-7H3,(H,33,34)/t23-/m1/s1. The predicted octanol–water partition coefficient (Wildman–Crippen LogP) is 6.99. The highest BCUT2D eigenvalue weighted by Crippen LogP contribution is 2.37. The Hall–Kier alpha value is -2.61. The molecule has 0 unspecified atom stereocenters. The molecule has 38 heavy (non-hydrogen) atoms. The normalized spacial score (nSPS) is 13.1. The zero-order valence-electron chi connectivity index (χ0n) is 23.5. The van der Waals surface area contributed by atoms with Gasteiger partial charge in [0.2, 0.25) is 0 Å². The summed E-state index contributed by atoms with van der Waals surface area (Å²) in [5.74, 6) is 0.683. The van der Waals surface area contributed by atoms with E-state index in [9.17, 15) is 4.79 Å². The van der Waals surface area contributed by atoms with Crippen molar-refractivity contribution in [1.82, 2.24) is 5.32 Å². The van der Waals surface area contributed by atoms with Crippen LogP contribution in [-0.4, -0.2) is 33.2 Å². The fraction of sp³-hybridized carbons (Fsp3) is 0.387.